The van der Waals surface area contributed by atoms with Gasteiger partial charge in [0.1, 0.15) is 17.5 Å². The number of amides is 1. The molecule has 1 amide bonds. The van der Waals surface area contributed by atoms with Gasteiger partial charge in [0.05, 0.1) is 25.4 Å². The zero-order chi connectivity index (χ0) is 22.7. The number of carbonyl (C=O) groups is 1. The van der Waals surface area contributed by atoms with Crippen molar-refractivity contribution in [3.05, 3.63) is 46.0 Å². The first-order chi connectivity index (χ1) is 15.4. The van der Waals surface area contributed by atoms with Crippen LogP contribution in [0.3, 0.4) is 0 Å². The molecular formula is C23H25ClN4O4. The standard InChI is InChI=1S/C23H25ClN4O4/c1-23(2)11-17-18(12-25)22(31-14-20(29)26-16-5-3-4-15(24)10-16)27-21(19(17)13-32-23)28-6-8-30-9-7-28/h3-5,10H,6-9,11,13-14H2,1-2H3,(H,26,29). The molecule has 0 saturated carbocycles. The lowest BCUT2D eigenvalue weighted by molar-refractivity contribution is -0.118. The highest BCUT2D eigenvalue weighted by Gasteiger charge is 2.34. The molecule has 2 aromatic rings. The van der Waals surface area contributed by atoms with Crippen LogP contribution in [0.25, 0.3) is 0 Å². The average Bonchev–Trinajstić information content (AvgIpc) is 2.77. The number of nitrogens with one attached hydrogen (secondary N) is 1. The lowest BCUT2D eigenvalue weighted by Gasteiger charge is -2.36. The van der Waals surface area contributed by atoms with Crippen LogP contribution in [0, 0.1) is 11.3 Å². The summed E-state index contributed by atoms with van der Waals surface area (Å²) in [6.45, 7) is 6.63. The molecule has 0 bridgehead atoms. The first kappa shape index (κ1) is 22.3. The Bertz CT molecular complexity index is 1060. The summed E-state index contributed by atoms with van der Waals surface area (Å²) in [5.41, 5.74) is 2.27. The highest BCUT2D eigenvalue weighted by atomic mass is 35.5. The Morgan fingerprint density at radius 3 is 2.84 bits per heavy atom. The number of ether oxygens (including phenoxy) is 3. The molecule has 1 saturated heterocycles. The first-order valence-electron chi connectivity index (χ1n) is 10.5. The van der Waals surface area contributed by atoms with Crippen LogP contribution < -0.4 is 15.0 Å². The third-order valence-corrected chi connectivity index (χ3v) is 5.67. The maximum Gasteiger partial charge on any atom is 0.262 e. The van der Waals surface area contributed by atoms with Crippen molar-refractivity contribution >= 4 is 29.0 Å². The molecule has 1 aromatic heterocycles. The fraction of sp³-hybridized carbons (Fsp3) is 0.435. The Labute approximate surface area is 192 Å². The molecule has 3 heterocycles. The SMILES string of the molecule is CC1(C)Cc2c(C#N)c(OCC(=O)Nc3cccc(Cl)c3)nc(N3CCOCC3)c2CO1. The van der Waals surface area contributed by atoms with E-state index in [9.17, 15) is 10.1 Å². The van der Waals surface area contributed by atoms with Gasteiger partial charge in [-0.2, -0.15) is 10.2 Å². The van der Waals surface area contributed by atoms with Gasteiger partial charge in [-0.15, -0.1) is 0 Å². The van der Waals surface area contributed by atoms with Crippen LogP contribution in [0.5, 0.6) is 5.88 Å². The van der Waals surface area contributed by atoms with Crippen molar-refractivity contribution in [2.24, 2.45) is 0 Å². The van der Waals surface area contributed by atoms with Crippen molar-refractivity contribution in [2.75, 3.05) is 43.1 Å². The van der Waals surface area contributed by atoms with Crippen molar-refractivity contribution in [1.82, 2.24) is 4.98 Å². The summed E-state index contributed by atoms with van der Waals surface area (Å²) in [6.07, 6.45) is 0.552. The van der Waals surface area contributed by atoms with Crippen LogP contribution in [0.4, 0.5) is 11.5 Å². The number of hydrogen-bond acceptors (Lipinski definition) is 7. The van der Waals surface area contributed by atoms with Gasteiger partial charge in [-0.3, -0.25) is 4.79 Å². The summed E-state index contributed by atoms with van der Waals surface area (Å²) in [5, 5.41) is 13.2. The Kier molecular flexibility index (Phi) is 6.51. The first-order valence-corrected chi connectivity index (χ1v) is 10.8. The molecule has 4 rings (SSSR count). The topological polar surface area (TPSA) is 96.7 Å². The Balaban J connectivity index is 1.62. The molecule has 2 aliphatic rings. The minimum absolute atomic E-state index is 0.159. The zero-order valence-electron chi connectivity index (χ0n) is 18.1. The monoisotopic (exact) mass is 456 g/mol. The predicted molar refractivity (Wildman–Crippen MR) is 120 cm³/mol. The van der Waals surface area contributed by atoms with Crippen LogP contribution in [0.2, 0.25) is 5.02 Å². The number of carbonyl (C=O) groups excluding carboxylic acids is 1. The van der Waals surface area contributed by atoms with Crippen LogP contribution in [0.1, 0.15) is 30.5 Å². The number of pyridine rings is 1. The van der Waals surface area contributed by atoms with E-state index in [2.05, 4.69) is 21.3 Å². The lowest BCUT2D eigenvalue weighted by Crippen LogP contribution is -2.39. The molecule has 0 aliphatic carbocycles. The summed E-state index contributed by atoms with van der Waals surface area (Å²) in [7, 11) is 0. The average molecular weight is 457 g/mol. The zero-order valence-corrected chi connectivity index (χ0v) is 18.9. The second kappa shape index (κ2) is 9.33. The van der Waals surface area contributed by atoms with Crippen molar-refractivity contribution in [3.63, 3.8) is 0 Å². The highest BCUT2D eigenvalue weighted by molar-refractivity contribution is 6.30. The lowest BCUT2D eigenvalue weighted by atomic mass is 9.89. The molecule has 9 heteroatoms. The van der Waals surface area contributed by atoms with Crippen LogP contribution >= 0.6 is 11.6 Å². The van der Waals surface area contributed by atoms with Gasteiger partial charge in [0, 0.05) is 35.8 Å². The number of nitrogens with zero attached hydrogens (tertiary/aromatic N) is 3. The fourth-order valence-electron chi connectivity index (χ4n) is 3.88. The van der Waals surface area contributed by atoms with Gasteiger partial charge in [0.15, 0.2) is 6.61 Å². The predicted octanol–water partition coefficient (Wildman–Crippen LogP) is 3.31. The summed E-state index contributed by atoms with van der Waals surface area (Å²) in [4.78, 5) is 19.2. The number of hydrogen-bond donors (Lipinski definition) is 1. The van der Waals surface area contributed by atoms with Gasteiger partial charge in [0.2, 0.25) is 5.88 Å². The van der Waals surface area contributed by atoms with Gasteiger partial charge in [-0.25, -0.2) is 0 Å². The third kappa shape index (κ3) is 4.96. The number of morpholine rings is 1. The van der Waals surface area contributed by atoms with E-state index in [4.69, 9.17) is 25.8 Å². The van der Waals surface area contributed by atoms with Crippen LogP contribution in [-0.4, -0.2) is 49.4 Å². The number of fused-ring (bicyclic) bond motifs is 1. The third-order valence-electron chi connectivity index (χ3n) is 5.44. The largest absolute Gasteiger partial charge is 0.467 e. The second-order valence-electron chi connectivity index (χ2n) is 8.36. The Hall–Kier alpha value is -2.86. The van der Waals surface area contributed by atoms with Gasteiger partial charge < -0.3 is 24.4 Å². The number of anilines is 2. The molecule has 32 heavy (non-hydrogen) atoms. The van der Waals surface area contributed by atoms with E-state index >= 15 is 0 Å². The summed E-state index contributed by atoms with van der Waals surface area (Å²) in [6, 6.07) is 9.09. The number of halogens is 1. The van der Waals surface area contributed by atoms with E-state index in [1.165, 1.54) is 0 Å². The van der Waals surface area contributed by atoms with Crippen LogP contribution in [0.15, 0.2) is 24.3 Å². The maximum atomic E-state index is 12.4. The number of benzene rings is 1. The van der Waals surface area contributed by atoms with E-state index in [1.807, 2.05) is 13.8 Å². The molecule has 0 atom stereocenters. The molecule has 8 nitrogen and oxygen atoms in total. The highest BCUT2D eigenvalue weighted by Crippen LogP contribution is 2.38. The molecule has 0 radical (unpaired) electrons. The summed E-state index contributed by atoms with van der Waals surface area (Å²) < 4.78 is 17.3. The van der Waals surface area contributed by atoms with E-state index in [1.54, 1.807) is 24.3 Å². The Morgan fingerprint density at radius 1 is 1.34 bits per heavy atom. The number of nitriles is 1. The van der Waals surface area contributed by atoms with E-state index in [0.29, 0.717) is 55.6 Å². The number of aromatic nitrogens is 1. The maximum absolute atomic E-state index is 12.4. The van der Waals surface area contributed by atoms with E-state index in [0.717, 1.165) is 16.9 Å². The molecular weight excluding hydrogens is 432 g/mol. The van der Waals surface area contributed by atoms with E-state index < -0.39 is 5.60 Å². The molecule has 2 aliphatic heterocycles. The minimum Gasteiger partial charge on any atom is -0.467 e. The summed E-state index contributed by atoms with van der Waals surface area (Å²) >= 11 is 5.97. The van der Waals surface area contributed by atoms with Gasteiger partial charge in [-0.05, 0) is 37.6 Å². The van der Waals surface area contributed by atoms with Gasteiger partial charge in [-0.1, -0.05) is 17.7 Å². The van der Waals surface area contributed by atoms with Gasteiger partial charge >= 0.3 is 0 Å². The van der Waals surface area contributed by atoms with Crippen molar-refractivity contribution < 1.29 is 19.0 Å². The minimum atomic E-state index is -0.413. The molecule has 0 unspecified atom stereocenters. The Morgan fingerprint density at radius 2 is 2.12 bits per heavy atom. The summed E-state index contributed by atoms with van der Waals surface area (Å²) in [5.74, 6) is 0.516. The quantitative estimate of drug-likeness (QED) is 0.737. The molecule has 168 valence electrons. The smallest absolute Gasteiger partial charge is 0.262 e. The molecule has 0 spiro atoms. The molecule has 1 aromatic carbocycles. The second-order valence-corrected chi connectivity index (χ2v) is 8.79. The van der Waals surface area contributed by atoms with Crippen molar-refractivity contribution in [1.29, 1.82) is 5.26 Å². The fourth-order valence-corrected chi connectivity index (χ4v) is 4.07. The number of rotatable bonds is 5. The normalized spacial score (nSPS) is 17.2. The van der Waals surface area contributed by atoms with Crippen LogP contribution in [-0.2, 0) is 27.3 Å². The van der Waals surface area contributed by atoms with Crippen molar-refractivity contribution in [3.8, 4) is 11.9 Å². The van der Waals surface area contributed by atoms with Gasteiger partial charge in [0.25, 0.3) is 5.91 Å². The van der Waals surface area contributed by atoms with Crippen molar-refractivity contribution in [2.45, 2.75) is 32.5 Å². The molecule has 1 fully saturated rings. The molecule has 1 N–H and O–H groups in total. The van der Waals surface area contributed by atoms with E-state index in [-0.39, 0.29) is 18.4 Å².